The molecule has 2 N–H and O–H groups in total. The summed E-state index contributed by atoms with van der Waals surface area (Å²) in [5, 5.41) is 3.13. The molecule has 0 amide bonds. The van der Waals surface area contributed by atoms with E-state index in [0.717, 1.165) is 11.3 Å². The molecule has 0 spiro atoms. The Labute approximate surface area is 118 Å². The van der Waals surface area contributed by atoms with Crippen LogP contribution in [0.4, 0.5) is 5.82 Å². The van der Waals surface area contributed by atoms with E-state index >= 15 is 0 Å². The lowest BCUT2D eigenvalue weighted by atomic mass is 10.2. The van der Waals surface area contributed by atoms with Gasteiger partial charge in [0.2, 0.25) is 0 Å². The fourth-order valence-corrected chi connectivity index (χ4v) is 1.96. The van der Waals surface area contributed by atoms with Crippen molar-refractivity contribution in [2.45, 2.75) is 6.54 Å². The Kier molecular flexibility index (Phi) is 4.19. The second kappa shape index (κ2) is 5.85. The number of aromatic amines is 1. The number of ether oxygens (including phenoxy) is 1. The molecule has 94 valence electrons. The molecule has 0 aliphatic carbocycles. The summed E-state index contributed by atoms with van der Waals surface area (Å²) in [6.07, 6.45) is 1.39. The average molecular weight is 357 g/mol. The number of nitrogens with one attached hydrogen (secondary N) is 2. The highest BCUT2D eigenvalue weighted by molar-refractivity contribution is 14.1. The van der Waals surface area contributed by atoms with Gasteiger partial charge in [0.15, 0.2) is 0 Å². The first-order chi connectivity index (χ1) is 8.70. The number of aromatic nitrogens is 2. The lowest BCUT2D eigenvalue weighted by Gasteiger charge is -2.07. The minimum atomic E-state index is -0.140. The summed E-state index contributed by atoms with van der Waals surface area (Å²) in [6, 6.07) is 7.73. The van der Waals surface area contributed by atoms with E-state index in [1.54, 1.807) is 7.11 Å². The Morgan fingerprint density at radius 1 is 1.50 bits per heavy atom. The van der Waals surface area contributed by atoms with E-state index in [2.05, 4.69) is 15.3 Å². The average Bonchev–Trinajstić information content (AvgIpc) is 2.41. The minimum Gasteiger partial charge on any atom is -0.497 e. The van der Waals surface area contributed by atoms with Gasteiger partial charge in [-0.3, -0.25) is 4.79 Å². The van der Waals surface area contributed by atoms with Crippen LogP contribution in [0.15, 0.2) is 35.4 Å². The Balaban J connectivity index is 2.11. The van der Waals surface area contributed by atoms with Gasteiger partial charge in [-0.1, -0.05) is 12.1 Å². The number of hydrogen-bond donors (Lipinski definition) is 2. The summed E-state index contributed by atoms with van der Waals surface area (Å²) in [7, 11) is 1.63. The van der Waals surface area contributed by atoms with Crippen molar-refractivity contribution < 1.29 is 4.74 Å². The zero-order valence-electron chi connectivity index (χ0n) is 9.74. The summed E-state index contributed by atoms with van der Waals surface area (Å²) in [5.41, 5.74) is 0.922. The number of benzene rings is 1. The molecular weight excluding hydrogens is 345 g/mol. The molecule has 2 rings (SSSR count). The largest absolute Gasteiger partial charge is 0.497 e. The van der Waals surface area contributed by atoms with Crippen molar-refractivity contribution in [3.8, 4) is 5.75 Å². The normalized spacial score (nSPS) is 10.1. The molecule has 0 fully saturated rings. The van der Waals surface area contributed by atoms with Crippen LogP contribution in [0.2, 0.25) is 0 Å². The number of methoxy groups -OCH3 is 1. The van der Waals surface area contributed by atoms with Gasteiger partial charge in [-0.15, -0.1) is 0 Å². The van der Waals surface area contributed by atoms with Gasteiger partial charge < -0.3 is 15.0 Å². The zero-order valence-corrected chi connectivity index (χ0v) is 11.9. The molecular formula is C12H12IN3O2. The third-order valence-corrected chi connectivity index (χ3v) is 3.39. The summed E-state index contributed by atoms with van der Waals surface area (Å²) >= 11 is 1.97. The third-order valence-electron chi connectivity index (χ3n) is 2.39. The van der Waals surface area contributed by atoms with Crippen molar-refractivity contribution in [3.63, 3.8) is 0 Å². The quantitative estimate of drug-likeness (QED) is 0.822. The van der Waals surface area contributed by atoms with Gasteiger partial charge in [-0.2, -0.15) is 0 Å². The molecule has 1 heterocycles. The first kappa shape index (κ1) is 12.9. The van der Waals surface area contributed by atoms with Crippen LogP contribution < -0.4 is 15.6 Å². The molecule has 0 bridgehead atoms. The molecule has 2 aromatic rings. The Morgan fingerprint density at radius 3 is 3.11 bits per heavy atom. The van der Waals surface area contributed by atoms with E-state index in [1.165, 1.54) is 6.33 Å². The molecule has 1 aromatic heterocycles. The van der Waals surface area contributed by atoms with Gasteiger partial charge in [0.1, 0.15) is 15.1 Å². The van der Waals surface area contributed by atoms with Gasteiger partial charge in [-0.05, 0) is 40.3 Å². The van der Waals surface area contributed by atoms with Crippen LogP contribution >= 0.6 is 22.6 Å². The summed E-state index contributed by atoms with van der Waals surface area (Å²) in [5.74, 6) is 1.39. The predicted molar refractivity (Wildman–Crippen MR) is 77.9 cm³/mol. The van der Waals surface area contributed by atoms with E-state index in [1.807, 2.05) is 46.9 Å². The summed E-state index contributed by atoms with van der Waals surface area (Å²) in [6.45, 7) is 0.587. The van der Waals surface area contributed by atoms with E-state index in [-0.39, 0.29) is 5.56 Å². The molecule has 0 radical (unpaired) electrons. The molecule has 0 atom stereocenters. The van der Waals surface area contributed by atoms with Crippen molar-refractivity contribution in [1.29, 1.82) is 0 Å². The maximum Gasteiger partial charge on any atom is 0.266 e. The van der Waals surface area contributed by atoms with Gasteiger partial charge in [0.25, 0.3) is 5.56 Å². The molecule has 0 saturated carbocycles. The lowest BCUT2D eigenvalue weighted by molar-refractivity contribution is 0.414. The SMILES string of the molecule is COc1cccc(CNc2nc[nH]c(=O)c2I)c1. The Morgan fingerprint density at radius 2 is 2.33 bits per heavy atom. The van der Waals surface area contributed by atoms with E-state index in [4.69, 9.17) is 4.74 Å². The number of H-pyrrole nitrogens is 1. The Hall–Kier alpha value is -1.57. The fourth-order valence-electron chi connectivity index (χ4n) is 1.47. The van der Waals surface area contributed by atoms with Crippen LogP contribution in [0.25, 0.3) is 0 Å². The highest BCUT2D eigenvalue weighted by Gasteiger charge is 2.04. The highest BCUT2D eigenvalue weighted by atomic mass is 127. The minimum absolute atomic E-state index is 0.140. The Bertz CT molecular complexity index is 598. The third kappa shape index (κ3) is 3.00. The van der Waals surface area contributed by atoms with Crippen LogP contribution in [0.3, 0.4) is 0 Å². The molecule has 0 aliphatic heterocycles. The second-order valence-corrected chi connectivity index (χ2v) is 4.68. The number of anilines is 1. The van der Waals surface area contributed by atoms with Crippen LogP contribution in [0.5, 0.6) is 5.75 Å². The maximum atomic E-state index is 11.4. The first-order valence-corrected chi connectivity index (χ1v) is 6.38. The van der Waals surface area contributed by atoms with Crippen molar-refractivity contribution >= 4 is 28.4 Å². The van der Waals surface area contributed by atoms with Crippen molar-refractivity contribution in [2.75, 3.05) is 12.4 Å². The molecule has 18 heavy (non-hydrogen) atoms. The van der Waals surface area contributed by atoms with Gasteiger partial charge in [0, 0.05) is 6.54 Å². The zero-order chi connectivity index (χ0) is 13.0. The number of nitrogens with zero attached hydrogens (tertiary/aromatic N) is 1. The van der Waals surface area contributed by atoms with Crippen LogP contribution in [-0.4, -0.2) is 17.1 Å². The van der Waals surface area contributed by atoms with Gasteiger partial charge >= 0.3 is 0 Å². The maximum absolute atomic E-state index is 11.4. The second-order valence-electron chi connectivity index (χ2n) is 3.60. The predicted octanol–water partition coefficient (Wildman–Crippen LogP) is 2.00. The summed E-state index contributed by atoms with van der Waals surface area (Å²) in [4.78, 5) is 18.0. The highest BCUT2D eigenvalue weighted by Crippen LogP contribution is 2.15. The number of hydrogen-bond acceptors (Lipinski definition) is 4. The number of rotatable bonds is 4. The van der Waals surface area contributed by atoms with Crippen LogP contribution in [-0.2, 0) is 6.54 Å². The van der Waals surface area contributed by atoms with Crippen molar-refractivity contribution in [1.82, 2.24) is 9.97 Å². The monoisotopic (exact) mass is 357 g/mol. The smallest absolute Gasteiger partial charge is 0.266 e. The topological polar surface area (TPSA) is 67.0 Å². The summed E-state index contributed by atoms with van der Waals surface area (Å²) < 4.78 is 5.70. The van der Waals surface area contributed by atoms with Crippen molar-refractivity contribution in [3.05, 3.63) is 50.1 Å². The molecule has 0 aliphatic rings. The van der Waals surface area contributed by atoms with Gasteiger partial charge in [-0.25, -0.2) is 4.98 Å². The molecule has 6 heteroatoms. The van der Waals surface area contributed by atoms with Crippen LogP contribution in [0.1, 0.15) is 5.56 Å². The van der Waals surface area contributed by atoms with E-state index in [9.17, 15) is 4.79 Å². The first-order valence-electron chi connectivity index (χ1n) is 5.30. The van der Waals surface area contributed by atoms with Gasteiger partial charge in [0.05, 0.1) is 13.4 Å². The molecule has 5 nitrogen and oxygen atoms in total. The lowest BCUT2D eigenvalue weighted by Crippen LogP contribution is -2.14. The van der Waals surface area contributed by atoms with E-state index in [0.29, 0.717) is 15.9 Å². The molecule has 1 aromatic carbocycles. The van der Waals surface area contributed by atoms with E-state index < -0.39 is 0 Å². The molecule has 0 unspecified atom stereocenters. The standard InChI is InChI=1S/C12H12IN3O2/c1-18-9-4-2-3-8(5-9)6-14-11-10(13)12(17)16-7-15-11/h2-5,7H,6H2,1H3,(H2,14,15,16,17). The molecule has 0 saturated heterocycles. The van der Waals surface area contributed by atoms with Crippen LogP contribution in [0, 0.1) is 3.57 Å². The van der Waals surface area contributed by atoms with Crippen molar-refractivity contribution in [2.24, 2.45) is 0 Å². The number of halogens is 1. The fraction of sp³-hybridized carbons (Fsp3) is 0.167.